The molecule has 0 radical (unpaired) electrons. The summed E-state index contributed by atoms with van der Waals surface area (Å²) >= 11 is 1.03. The molecule has 0 saturated carbocycles. The van der Waals surface area contributed by atoms with Crippen LogP contribution < -0.4 is 0 Å². The Kier molecular flexibility index (Phi) is 9.17. The summed E-state index contributed by atoms with van der Waals surface area (Å²) in [5, 5.41) is 10.9. The first kappa shape index (κ1) is 26.1. The molecule has 180 valence electrons. The van der Waals surface area contributed by atoms with E-state index >= 15 is 0 Å². The zero-order valence-corrected chi connectivity index (χ0v) is 19.1. The number of hydrogen-bond donors (Lipinski definition) is 0. The molecule has 0 aliphatic carbocycles. The van der Waals surface area contributed by atoms with Gasteiger partial charge in [0.1, 0.15) is 18.1 Å². The van der Waals surface area contributed by atoms with Crippen molar-refractivity contribution in [2.75, 3.05) is 6.61 Å². The molecule has 13 heteroatoms. The van der Waals surface area contributed by atoms with Gasteiger partial charge in [-0.1, -0.05) is 11.8 Å². The molecule has 1 aliphatic rings. The molecule has 0 amide bonds. The number of thioether (sulfide) groups is 1. The summed E-state index contributed by atoms with van der Waals surface area (Å²) < 4.78 is 27.0. The third-order valence-electron chi connectivity index (χ3n) is 4.25. The van der Waals surface area contributed by atoms with Gasteiger partial charge in [0.25, 0.3) is 5.69 Å². The van der Waals surface area contributed by atoms with Crippen LogP contribution in [0.3, 0.4) is 0 Å². The lowest BCUT2D eigenvalue weighted by Crippen LogP contribution is -2.61. The van der Waals surface area contributed by atoms with Gasteiger partial charge in [0.15, 0.2) is 18.3 Å². The van der Waals surface area contributed by atoms with E-state index in [0.29, 0.717) is 4.90 Å². The van der Waals surface area contributed by atoms with Gasteiger partial charge in [0, 0.05) is 44.7 Å². The van der Waals surface area contributed by atoms with Crippen molar-refractivity contribution < 1.29 is 47.8 Å². The fourth-order valence-electron chi connectivity index (χ4n) is 3.06. The van der Waals surface area contributed by atoms with Crippen molar-refractivity contribution >= 4 is 41.3 Å². The molecule has 0 aromatic heterocycles. The Morgan fingerprint density at radius 1 is 0.879 bits per heavy atom. The number of ether oxygens (including phenoxy) is 5. The Balaban J connectivity index is 2.43. The van der Waals surface area contributed by atoms with E-state index < -0.39 is 58.7 Å². The lowest BCUT2D eigenvalue weighted by atomic mass is 9.99. The van der Waals surface area contributed by atoms with Crippen molar-refractivity contribution in [3.8, 4) is 0 Å². The van der Waals surface area contributed by atoms with Crippen LogP contribution in [0.5, 0.6) is 0 Å². The second-order valence-electron chi connectivity index (χ2n) is 6.94. The molecule has 5 atom stereocenters. The zero-order chi connectivity index (χ0) is 24.7. The van der Waals surface area contributed by atoms with E-state index in [-0.39, 0.29) is 12.3 Å². The van der Waals surface area contributed by atoms with Crippen LogP contribution in [0.15, 0.2) is 29.2 Å². The van der Waals surface area contributed by atoms with Crippen molar-refractivity contribution in [2.45, 2.75) is 62.4 Å². The predicted octanol–water partition coefficient (Wildman–Crippen LogP) is 1.77. The minimum absolute atomic E-state index is 0.124. The van der Waals surface area contributed by atoms with Gasteiger partial charge in [0.05, 0.1) is 4.92 Å². The average Bonchev–Trinajstić information content (AvgIpc) is 2.70. The monoisotopic (exact) mass is 485 g/mol. The highest BCUT2D eigenvalue weighted by Crippen LogP contribution is 2.38. The smallest absolute Gasteiger partial charge is 0.303 e. The van der Waals surface area contributed by atoms with Crippen molar-refractivity contribution in [3.05, 3.63) is 34.4 Å². The number of esters is 4. The highest BCUT2D eigenvalue weighted by Gasteiger charge is 2.52. The lowest BCUT2D eigenvalue weighted by molar-refractivity contribution is -0.384. The highest BCUT2D eigenvalue weighted by molar-refractivity contribution is 7.99. The van der Waals surface area contributed by atoms with Crippen LogP contribution >= 0.6 is 11.8 Å². The third-order valence-corrected chi connectivity index (χ3v) is 5.40. The van der Waals surface area contributed by atoms with Crippen molar-refractivity contribution in [3.63, 3.8) is 0 Å². The van der Waals surface area contributed by atoms with Crippen LogP contribution in [-0.4, -0.2) is 65.3 Å². The summed E-state index contributed by atoms with van der Waals surface area (Å²) in [6.07, 6.45) is -4.81. The number of rotatable bonds is 8. The normalized spacial score (nSPS) is 24.3. The molecule has 1 aromatic carbocycles. The van der Waals surface area contributed by atoms with Gasteiger partial charge in [-0.3, -0.25) is 29.3 Å². The van der Waals surface area contributed by atoms with Gasteiger partial charge in [-0.15, -0.1) is 0 Å². The Labute approximate surface area is 193 Å². The van der Waals surface area contributed by atoms with Gasteiger partial charge in [-0.2, -0.15) is 0 Å². The van der Waals surface area contributed by atoms with Crippen LogP contribution in [0.2, 0.25) is 0 Å². The summed E-state index contributed by atoms with van der Waals surface area (Å²) in [5.74, 6) is -2.79. The van der Waals surface area contributed by atoms with E-state index in [1.165, 1.54) is 31.2 Å². The van der Waals surface area contributed by atoms with Gasteiger partial charge < -0.3 is 23.7 Å². The molecule has 12 nitrogen and oxygen atoms in total. The fraction of sp³-hybridized carbons (Fsp3) is 0.500. The van der Waals surface area contributed by atoms with Gasteiger partial charge in [0.2, 0.25) is 0 Å². The zero-order valence-electron chi connectivity index (χ0n) is 18.2. The molecule has 1 heterocycles. The SMILES string of the molecule is CC(=O)OC[C@H]1O[C@@H](Sc2ccc([N+](=O)[O-])cc2)[C@@H](OC(C)=O)[C@@H](OC(C)=O)[C@H]1OC(C)=O. The molecule has 0 unspecified atom stereocenters. The first-order valence-corrected chi connectivity index (χ1v) is 10.6. The molecular weight excluding hydrogens is 462 g/mol. The Bertz CT molecular complexity index is 904. The van der Waals surface area contributed by atoms with E-state index in [9.17, 15) is 29.3 Å². The van der Waals surface area contributed by atoms with Gasteiger partial charge in [-0.05, 0) is 12.1 Å². The largest absolute Gasteiger partial charge is 0.463 e. The molecule has 33 heavy (non-hydrogen) atoms. The topological polar surface area (TPSA) is 158 Å². The second-order valence-corrected chi connectivity index (χ2v) is 8.11. The quantitative estimate of drug-likeness (QED) is 0.228. The molecule has 1 fully saturated rings. The molecule has 1 saturated heterocycles. The standard InChI is InChI=1S/C20H23NO11S/c1-10(22)28-9-16-17(29-11(2)23)18(30-12(3)24)19(31-13(4)25)20(32-16)33-15-7-5-14(6-8-15)21(26)27/h5-8,16-20H,9H2,1-4H3/t16-,17+,18+,19+,20+/m1/s1. The van der Waals surface area contributed by atoms with Crippen LogP contribution in [0.25, 0.3) is 0 Å². The van der Waals surface area contributed by atoms with Crippen LogP contribution in [-0.2, 0) is 42.9 Å². The summed E-state index contributed by atoms with van der Waals surface area (Å²) in [6.45, 7) is 4.24. The summed E-state index contributed by atoms with van der Waals surface area (Å²) in [4.78, 5) is 57.5. The Morgan fingerprint density at radius 2 is 1.39 bits per heavy atom. The van der Waals surface area contributed by atoms with E-state index in [4.69, 9.17) is 23.7 Å². The average molecular weight is 485 g/mol. The number of carbonyl (C=O) groups excluding carboxylic acids is 4. The first-order valence-electron chi connectivity index (χ1n) is 9.69. The highest BCUT2D eigenvalue weighted by atomic mass is 32.2. The molecule has 2 rings (SSSR count). The number of carbonyl (C=O) groups is 4. The summed E-state index contributed by atoms with van der Waals surface area (Å²) in [6, 6.07) is 5.51. The number of non-ortho nitro benzene ring substituents is 1. The lowest BCUT2D eigenvalue weighted by Gasteiger charge is -2.44. The summed E-state index contributed by atoms with van der Waals surface area (Å²) in [7, 11) is 0. The maximum atomic E-state index is 11.8. The number of hydrogen-bond acceptors (Lipinski definition) is 12. The van der Waals surface area contributed by atoms with Crippen molar-refractivity contribution in [1.29, 1.82) is 0 Å². The van der Waals surface area contributed by atoms with Crippen LogP contribution in [0.4, 0.5) is 5.69 Å². The minimum Gasteiger partial charge on any atom is -0.463 e. The second kappa shape index (κ2) is 11.6. The first-order chi connectivity index (χ1) is 15.5. The third kappa shape index (κ3) is 7.71. The van der Waals surface area contributed by atoms with E-state index in [1.54, 1.807) is 0 Å². The Hall–Kier alpha value is -3.19. The number of nitro benzene ring substituents is 1. The molecule has 0 bridgehead atoms. The molecule has 0 spiro atoms. The number of nitrogens with zero attached hydrogens (tertiary/aromatic N) is 1. The molecule has 1 aromatic rings. The predicted molar refractivity (Wildman–Crippen MR) is 111 cm³/mol. The van der Waals surface area contributed by atoms with Gasteiger partial charge >= 0.3 is 23.9 Å². The fourth-order valence-corrected chi connectivity index (χ4v) is 4.17. The molecule has 0 N–H and O–H groups in total. The van der Waals surface area contributed by atoms with Crippen LogP contribution in [0, 0.1) is 10.1 Å². The van der Waals surface area contributed by atoms with Gasteiger partial charge in [-0.25, -0.2) is 0 Å². The van der Waals surface area contributed by atoms with Crippen molar-refractivity contribution in [1.82, 2.24) is 0 Å². The van der Waals surface area contributed by atoms with Crippen molar-refractivity contribution in [2.24, 2.45) is 0 Å². The van der Waals surface area contributed by atoms with E-state index in [0.717, 1.165) is 32.5 Å². The van der Waals surface area contributed by atoms with E-state index in [1.807, 2.05) is 0 Å². The minimum atomic E-state index is -1.28. The maximum absolute atomic E-state index is 11.8. The molecule has 1 aliphatic heterocycles. The maximum Gasteiger partial charge on any atom is 0.303 e. The van der Waals surface area contributed by atoms with E-state index in [2.05, 4.69) is 0 Å². The Morgan fingerprint density at radius 3 is 1.88 bits per heavy atom. The van der Waals surface area contributed by atoms with Crippen LogP contribution in [0.1, 0.15) is 27.7 Å². The molecular formula is C20H23NO11S. The summed E-state index contributed by atoms with van der Waals surface area (Å²) in [5.41, 5.74) is -1.13. The number of benzene rings is 1. The number of nitro groups is 1.